The van der Waals surface area contributed by atoms with Crippen LogP contribution in [0.15, 0.2) is 22.2 Å². The molecule has 0 radical (unpaired) electrons. The predicted molar refractivity (Wildman–Crippen MR) is 73.9 cm³/mol. The lowest BCUT2D eigenvalue weighted by molar-refractivity contribution is 0.259. The first-order valence-electron chi connectivity index (χ1n) is 5.47. The summed E-state index contributed by atoms with van der Waals surface area (Å²) in [6, 6.07) is 1.81. The number of nitrogens with zero attached hydrogens (tertiary/aromatic N) is 2. The van der Waals surface area contributed by atoms with Crippen LogP contribution in [-0.4, -0.2) is 21.7 Å². The molecule has 2 rings (SSSR count). The molecular formula is C12H13BrN2O2S. The average Bonchev–Trinajstić information content (AvgIpc) is 2.77. The number of hydrogen-bond donors (Lipinski definition) is 1. The van der Waals surface area contributed by atoms with Crippen LogP contribution in [0.3, 0.4) is 0 Å². The van der Waals surface area contributed by atoms with E-state index in [1.54, 1.807) is 23.6 Å². The normalized spacial score (nSPS) is 10.6. The van der Waals surface area contributed by atoms with Crippen LogP contribution in [0.2, 0.25) is 0 Å². The van der Waals surface area contributed by atoms with E-state index in [1.807, 2.05) is 12.4 Å². The second-order valence-corrected chi connectivity index (χ2v) is 5.59. The highest BCUT2D eigenvalue weighted by Gasteiger charge is 2.07. The minimum atomic E-state index is -0.0820. The molecule has 6 heteroatoms. The zero-order valence-corrected chi connectivity index (χ0v) is 12.3. The summed E-state index contributed by atoms with van der Waals surface area (Å²) in [7, 11) is 0. The molecule has 2 aromatic rings. The van der Waals surface area contributed by atoms with Gasteiger partial charge < -0.3 is 9.84 Å². The Morgan fingerprint density at radius 1 is 1.44 bits per heavy atom. The molecule has 96 valence electrons. The molecule has 0 saturated heterocycles. The number of aliphatic hydroxyl groups excluding tert-OH is 1. The third-order valence-corrected chi connectivity index (χ3v) is 3.90. The Labute approximate surface area is 118 Å². The molecule has 18 heavy (non-hydrogen) atoms. The topological polar surface area (TPSA) is 55.2 Å². The van der Waals surface area contributed by atoms with Crippen molar-refractivity contribution in [1.82, 2.24) is 9.97 Å². The first kappa shape index (κ1) is 13.5. The van der Waals surface area contributed by atoms with Crippen molar-refractivity contribution in [3.8, 4) is 5.88 Å². The molecule has 0 amide bonds. The highest BCUT2D eigenvalue weighted by Crippen LogP contribution is 2.20. The number of pyridine rings is 1. The molecule has 1 N–H and O–H groups in total. The van der Waals surface area contributed by atoms with Crippen LogP contribution >= 0.6 is 27.3 Å². The van der Waals surface area contributed by atoms with Crippen LogP contribution in [0, 0.1) is 6.92 Å². The Hall–Kier alpha value is -0.980. The summed E-state index contributed by atoms with van der Waals surface area (Å²) in [5.74, 6) is 0.489. The highest BCUT2D eigenvalue weighted by atomic mass is 79.9. The summed E-state index contributed by atoms with van der Waals surface area (Å²) in [5, 5.41) is 9.22. The lowest BCUT2D eigenvalue weighted by Crippen LogP contribution is -2.05. The van der Waals surface area contributed by atoms with Crippen LogP contribution in [0.5, 0.6) is 5.88 Å². The van der Waals surface area contributed by atoms with E-state index in [4.69, 9.17) is 4.74 Å². The standard InChI is InChI=1S/C12H13BrN2O2S/c1-8-11(18-7-15-8)2-3-17-12-9(6-16)4-10(13)5-14-12/h4-5,7,16H,2-3,6H2,1H3. The largest absolute Gasteiger partial charge is 0.477 e. The van der Waals surface area contributed by atoms with E-state index in [-0.39, 0.29) is 6.61 Å². The lowest BCUT2D eigenvalue weighted by atomic mass is 10.3. The Kier molecular flexibility index (Phi) is 4.68. The zero-order valence-electron chi connectivity index (χ0n) is 9.89. The fraction of sp³-hybridized carbons (Fsp3) is 0.333. The van der Waals surface area contributed by atoms with Crippen molar-refractivity contribution < 1.29 is 9.84 Å². The maximum atomic E-state index is 9.22. The van der Waals surface area contributed by atoms with Crippen molar-refractivity contribution in [3.05, 3.63) is 38.4 Å². The molecule has 2 aromatic heterocycles. The van der Waals surface area contributed by atoms with Gasteiger partial charge in [0, 0.05) is 27.5 Å². The van der Waals surface area contributed by atoms with Crippen molar-refractivity contribution >= 4 is 27.3 Å². The van der Waals surface area contributed by atoms with E-state index < -0.39 is 0 Å². The minimum Gasteiger partial charge on any atom is -0.477 e. The third-order valence-electron chi connectivity index (χ3n) is 2.48. The molecule has 0 aliphatic carbocycles. The first-order chi connectivity index (χ1) is 8.70. The smallest absolute Gasteiger partial charge is 0.218 e. The van der Waals surface area contributed by atoms with Crippen molar-refractivity contribution in [2.24, 2.45) is 0 Å². The van der Waals surface area contributed by atoms with Gasteiger partial charge in [0.1, 0.15) is 0 Å². The van der Waals surface area contributed by atoms with Crippen LogP contribution in [0.4, 0.5) is 0 Å². The van der Waals surface area contributed by atoms with Gasteiger partial charge in [0.05, 0.1) is 24.4 Å². The number of aromatic nitrogens is 2. The summed E-state index contributed by atoms with van der Waals surface area (Å²) in [6.45, 7) is 2.44. The molecule has 0 atom stereocenters. The molecule has 4 nitrogen and oxygen atoms in total. The minimum absolute atomic E-state index is 0.0820. The van der Waals surface area contributed by atoms with Gasteiger partial charge >= 0.3 is 0 Å². The van der Waals surface area contributed by atoms with Gasteiger partial charge in [-0.05, 0) is 28.9 Å². The third kappa shape index (κ3) is 3.28. The van der Waals surface area contributed by atoms with Gasteiger partial charge in [0.25, 0.3) is 0 Å². The molecule has 0 saturated carbocycles. The van der Waals surface area contributed by atoms with E-state index in [0.29, 0.717) is 18.1 Å². The molecule has 2 heterocycles. The van der Waals surface area contributed by atoms with Gasteiger partial charge in [-0.1, -0.05) is 0 Å². The number of thiazole rings is 1. The summed E-state index contributed by atoms with van der Waals surface area (Å²) in [6.07, 6.45) is 2.46. The molecule has 0 fully saturated rings. The van der Waals surface area contributed by atoms with Gasteiger partial charge in [-0.2, -0.15) is 0 Å². The van der Waals surface area contributed by atoms with Gasteiger partial charge in [-0.3, -0.25) is 0 Å². The first-order valence-corrected chi connectivity index (χ1v) is 7.15. The monoisotopic (exact) mass is 328 g/mol. The predicted octanol–water partition coefficient (Wildman–Crippen LogP) is 2.72. The second kappa shape index (κ2) is 6.26. The summed E-state index contributed by atoms with van der Waals surface area (Å²) in [5.41, 5.74) is 3.57. The lowest BCUT2D eigenvalue weighted by Gasteiger charge is -2.08. The number of halogens is 1. The van der Waals surface area contributed by atoms with Crippen LogP contribution in [0.1, 0.15) is 16.1 Å². The number of aliphatic hydroxyl groups is 1. The van der Waals surface area contributed by atoms with E-state index in [1.165, 1.54) is 4.88 Å². The Bertz CT molecular complexity index is 531. The van der Waals surface area contributed by atoms with E-state index in [2.05, 4.69) is 25.9 Å². The van der Waals surface area contributed by atoms with Gasteiger partial charge in [-0.15, -0.1) is 11.3 Å². The fourth-order valence-electron chi connectivity index (χ4n) is 1.52. The molecule has 0 spiro atoms. The number of rotatable bonds is 5. The zero-order chi connectivity index (χ0) is 13.0. The number of ether oxygens (including phenoxy) is 1. The number of hydrogen-bond acceptors (Lipinski definition) is 5. The Morgan fingerprint density at radius 2 is 2.28 bits per heavy atom. The quantitative estimate of drug-likeness (QED) is 0.916. The van der Waals surface area contributed by atoms with Crippen molar-refractivity contribution in [2.45, 2.75) is 20.0 Å². The molecule has 0 aliphatic heterocycles. The van der Waals surface area contributed by atoms with Crippen LogP contribution in [0.25, 0.3) is 0 Å². The van der Waals surface area contributed by atoms with Gasteiger partial charge in [0.2, 0.25) is 5.88 Å². The van der Waals surface area contributed by atoms with Gasteiger partial charge in [0.15, 0.2) is 0 Å². The maximum Gasteiger partial charge on any atom is 0.218 e. The molecule has 0 unspecified atom stereocenters. The number of aryl methyl sites for hydroxylation is 1. The Morgan fingerprint density at radius 3 is 2.94 bits per heavy atom. The Balaban J connectivity index is 1.96. The summed E-state index contributed by atoms with van der Waals surface area (Å²) in [4.78, 5) is 9.56. The van der Waals surface area contributed by atoms with Crippen molar-refractivity contribution in [3.63, 3.8) is 0 Å². The SMILES string of the molecule is Cc1ncsc1CCOc1ncc(Br)cc1CO. The maximum absolute atomic E-state index is 9.22. The summed E-state index contributed by atoms with van der Waals surface area (Å²) < 4.78 is 6.43. The van der Waals surface area contributed by atoms with Crippen molar-refractivity contribution in [2.75, 3.05) is 6.61 Å². The highest BCUT2D eigenvalue weighted by molar-refractivity contribution is 9.10. The molecular weight excluding hydrogens is 316 g/mol. The fourth-order valence-corrected chi connectivity index (χ4v) is 2.66. The van der Waals surface area contributed by atoms with E-state index in [9.17, 15) is 5.11 Å². The molecule has 0 bridgehead atoms. The van der Waals surface area contributed by atoms with Crippen LogP contribution in [-0.2, 0) is 13.0 Å². The van der Waals surface area contributed by atoms with Crippen LogP contribution < -0.4 is 4.74 Å². The second-order valence-electron chi connectivity index (χ2n) is 3.74. The van der Waals surface area contributed by atoms with E-state index >= 15 is 0 Å². The van der Waals surface area contributed by atoms with Gasteiger partial charge in [-0.25, -0.2) is 9.97 Å². The average molecular weight is 329 g/mol. The molecule has 0 aliphatic rings. The molecule has 0 aromatic carbocycles. The van der Waals surface area contributed by atoms with E-state index in [0.717, 1.165) is 16.6 Å². The van der Waals surface area contributed by atoms with Crippen molar-refractivity contribution in [1.29, 1.82) is 0 Å². The summed E-state index contributed by atoms with van der Waals surface area (Å²) >= 11 is 4.94.